The van der Waals surface area contributed by atoms with Crippen molar-refractivity contribution in [1.82, 2.24) is 34.9 Å². The molecule has 0 fully saturated rings. The molecule has 5 heterocycles. The van der Waals surface area contributed by atoms with Crippen LogP contribution in [0.2, 0.25) is 0 Å². The Morgan fingerprint density at radius 2 is 0.672 bits per heavy atom. The SMILES string of the molecule is Cc1cc[c-]c2c1-c1nc3nc(nc4[nH]c(cc5[nH]c(nc-2n1)c1[c-]cc[c-]c51)c1[c-]ccc(C)c41)-c1[c-]cc[c-]c1-3.[Y].[Y].[Y].[Y].[Y].[Y].[Y].[Y].[Y].[Y].[Y].[Y].[Y].[Y].[Y].[Y].[Y].[Y].[Y].[Y].[Y].[Y].[Y].[Y].[Y]. The van der Waals surface area contributed by atoms with Crippen molar-refractivity contribution in [2.75, 3.05) is 0 Å². The van der Waals surface area contributed by atoms with Crippen molar-refractivity contribution in [3.8, 4) is 45.6 Å². The fourth-order valence-corrected chi connectivity index (χ4v) is 5.82. The third-order valence-electron chi connectivity index (χ3n) is 7.76. The number of nitrogens with zero attached hydrogens (tertiary/aromatic N) is 5. The molecular formula is C35H17N7Y25-6. The van der Waals surface area contributed by atoms with Crippen molar-refractivity contribution in [1.29, 1.82) is 0 Å². The minimum atomic E-state index is 0. The molecule has 273 valence electrons. The molecule has 0 atom stereocenters. The predicted molar refractivity (Wildman–Crippen MR) is 161 cm³/mol. The van der Waals surface area contributed by atoms with E-state index in [1.807, 2.05) is 61.5 Å². The van der Waals surface area contributed by atoms with E-state index in [-0.39, 0.29) is 818 Å². The first-order chi connectivity index (χ1) is 20.6. The fraction of sp³-hybridized carbons (Fsp3) is 0.0571. The minimum absolute atomic E-state index is 0. The average Bonchev–Trinajstić information content (AvgIpc) is 3.73. The molecule has 2 N–H and O–H groups in total. The molecule has 0 saturated heterocycles. The quantitative estimate of drug-likeness (QED) is 0.163. The first-order valence-corrected chi connectivity index (χ1v) is 13.5. The number of H-pyrrole nitrogens is 2. The van der Waals surface area contributed by atoms with E-state index in [0.29, 0.717) is 34.6 Å². The molecule has 7 nitrogen and oxygen atoms in total. The maximum Gasteiger partial charge on any atom is 0.0994 e. The molecular weight excluding hydrogens is 2740 g/mol. The molecule has 32 heteroatoms. The van der Waals surface area contributed by atoms with Gasteiger partial charge in [-0.05, 0) is 11.2 Å². The Kier molecular flexibility index (Phi) is 137. The number of aromatic nitrogens is 7. The van der Waals surface area contributed by atoms with E-state index in [1.54, 1.807) is 0 Å². The Labute approximate surface area is 1020 Å². The number of fused-ring (bicyclic) bond motifs is 20. The van der Waals surface area contributed by atoms with Gasteiger partial charge in [0, 0.05) is 829 Å². The zero-order chi connectivity index (χ0) is 27.9. The zero-order valence-electron chi connectivity index (χ0n) is 36.9. The molecule has 2 aliphatic rings. The summed E-state index contributed by atoms with van der Waals surface area (Å²) in [5, 5.41) is 3.58. The number of benzene rings is 4. The third-order valence-corrected chi connectivity index (χ3v) is 7.76. The summed E-state index contributed by atoms with van der Waals surface area (Å²) >= 11 is 0. The van der Waals surface area contributed by atoms with Crippen molar-refractivity contribution in [3.63, 3.8) is 0 Å². The molecule has 3 aromatic heterocycles. The van der Waals surface area contributed by atoms with E-state index < -0.39 is 0 Å². The predicted octanol–water partition coefficient (Wildman–Crippen LogP) is 6.83. The molecule has 0 spiro atoms. The topological polar surface area (TPSA) is 96.0 Å². The monoisotopic (exact) mass is 2760 g/mol. The van der Waals surface area contributed by atoms with Gasteiger partial charge in [0.05, 0.1) is 17.3 Å². The second-order valence-electron chi connectivity index (χ2n) is 10.3. The molecule has 0 unspecified atom stereocenters. The first kappa shape index (κ1) is 133. The number of aromatic amines is 2. The van der Waals surface area contributed by atoms with Gasteiger partial charge in [0.25, 0.3) is 0 Å². The van der Waals surface area contributed by atoms with Crippen molar-refractivity contribution < 1.29 is 818 Å². The summed E-state index contributed by atoms with van der Waals surface area (Å²) in [5.74, 6) is 2.01. The van der Waals surface area contributed by atoms with Crippen LogP contribution in [0.5, 0.6) is 0 Å². The van der Waals surface area contributed by atoms with Gasteiger partial charge in [-0.2, -0.15) is 16.5 Å². The fourth-order valence-electron chi connectivity index (χ4n) is 5.82. The molecule has 25 radical (unpaired) electrons. The van der Waals surface area contributed by atoms with Crippen LogP contribution < -0.4 is 0 Å². The summed E-state index contributed by atoms with van der Waals surface area (Å²) in [6.45, 7) is 4.10. The van der Waals surface area contributed by atoms with Crippen LogP contribution in [0.1, 0.15) is 11.1 Å². The van der Waals surface area contributed by atoms with Crippen molar-refractivity contribution >= 4 is 43.9 Å². The van der Waals surface area contributed by atoms with Crippen LogP contribution in [0.15, 0.2) is 54.6 Å². The summed E-state index contributed by atoms with van der Waals surface area (Å²) in [7, 11) is 0. The summed E-state index contributed by atoms with van der Waals surface area (Å²) in [6, 6.07) is 37.3. The zero-order valence-corrected chi connectivity index (χ0v) is 108. The Morgan fingerprint density at radius 3 is 1.19 bits per heavy atom. The molecule has 0 saturated carbocycles. The Hall–Kier alpha value is 21.9. The van der Waals surface area contributed by atoms with Gasteiger partial charge >= 0.3 is 0 Å². The van der Waals surface area contributed by atoms with Gasteiger partial charge in [-0.3, -0.25) is 15.0 Å². The maximum atomic E-state index is 5.04. The van der Waals surface area contributed by atoms with Crippen LogP contribution in [0, 0.1) is 50.2 Å². The number of aryl methyl sites for hydroxylation is 2. The molecule has 9 rings (SSSR count). The van der Waals surface area contributed by atoms with Gasteiger partial charge in [0.2, 0.25) is 0 Å². The summed E-state index contributed by atoms with van der Waals surface area (Å²) in [4.78, 5) is 31.8. The largest absolute Gasteiger partial charge is 0.436 e. The van der Waals surface area contributed by atoms with Gasteiger partial charge in [0.15, 0.2) is 0 Å². The number of nitrogens with one attached hydrogen (secondary N) is 2. The Balaban J connectivity index is -0.0000000667. The van der Waals surface area contributed by atoms with E-state index >= 15 is 0 Å². The summed E-state index contributed by atoms with van der Waals surface area (Å²) in [6.07, 6.45) is 0. The van der Waals surface area contributed by atoms with E-state index in [9.17, 15) is 0 Å². The van der Waals surface area contributed by atoms with E-state index in [1.165, 1.54) is 0 Å². The van der Waals surface area contributed by atoms with Gasteiger partial charge in [-0.1, -0.05) is 35.9 Å². The first-order valence-electron chi connectivity index (χ1n) is 13.5. The van der Waals surface area contributed by atoms with Gasteiger partial charge in [-0.25, -0.2) is 53.9 Å². The second-order valence-corrected chi connectivity index (χ2v) is 10.3. The summed E-state index contributed by atoms with van der Waals surface area (Å²) in [5.41, 5.74) is 8.21. The Morgan fingerprint density at radius 1 is 0.328 bits per heavy atom. The van der Waals surface area contributed by atoms with Crippen molar-refractivity contribution in [2.24, 2.45) is 0 Å². The van der Waals surface area contributed by atoms with Crippen molar-refractivity contribution in [3.05, 3.63) is 102 Å². The molecule has 67 heavy (non-hydrogen) atoms. The average molecular weight is 2760 g/mol. The van der Waals surface area contributed by atoms with E-state index in [0.717, 1.165) is 66.0 Å². The second kappa shape index (κ2) is 69.3. The third kappa shape index (κ3) is 35.1. The number of rotatable bonds is 0. The van der Waals surface area contributed by atoms with Crippen LogP contribution in [-0.4, -0.2) is 34.9 Å². The molecule has 8 bridgehead atoms. The normalized spacial score (nSPS) is 7.55. The summed E-state index contributed by atoms with van der Waals surface area (Å²) < 4.78 is 0. The molecule has 2 aliphatic heterocycles. The van der Waals surface area contributed by atoms with E-state index in [2.05, 4.69) is 53.3 Å². The number of hydrogen-bond acceptors (Lipinski definition) is 5. The van der Waals surface area contributed by atoms with Crippen LogP contribution in [0.4, 0.5) is 0 Å². The molecule has 0 aliphatic carbocycles. The Bertz CT molecular complexity index is 2510. The molecule has 4 aromatic carbocycles. The maximum absolute atomic E-state index is 5.04. The van der Waals surface area contributed by atoms with Crippen LogP contribution in [-0.2, 0) is 818 Å². The van der Waals surface area contributed by atoms with Gasteiger partial charge in [0.1, 0.15) is 0 Å². The van der Waals surface area contributed by atoms with E-state index in [4.69, 9.17) is 24.9 Å². The van der Waals surface area contributed by atoms with Crippen LogP contribution in [0.25, 0.3) is 89.4 Å². The van der Waals surface area contributed by atoms with Gasteiger partial charge < -0.3 is 19.9 Å². The molecule has 0 amide bonds. The minimum Gasteiger partial charge on any atom is -0.436 e. The van der Waals surface area contributed by atoms with Crippen molar-refractivity contribution in [2.45, 2.75) is 13.8 Å². The van der Waals surface area contributed by atoms with Crippen LogP contribution in [0.3, 0.4) is 0 Å². The smallest absolute Gasteiger partial charge is 0.0994 e. The van der Waals surface area contributed by atoms with Gasteiger partial charge in [-0.15, -0.1) is 59.0 Å². The standard InChI is InChI=1S/C35H17N7.25Y/c1-18-9-7-15-24-27-17-26-20-11-3-4-12-21(20)30(36-26)38-33-25-16-8-10-19(2)29(25)35(42-33)41-32-23-14-6-5-13-22(23)31(39-32)40-34(37-27)28(18)24;;;;;;;;;;;;;;;;;;;;;;;;;/h3-10,17H,1-2H3,(H2,36,37,38,39,40,41,42);;;;;;;;;;;;;;;;;;;;;;;;;/q-6;;;;;;;;;;;;;;;;;;;;;;;;;. The molecule has 7 aromatic rings. The number of hydrogen-bond donors (Lipinski definition) is 2. The van der Waals surface area contributed by atoms with Crippen LogP contribution >= 0.6 is 0 Å².